The number of nitrogens with zero attached hydrogens (tertiary/aromatic N) is 2. The second-order valence-electron chi connectivity index (χ2n) is 5.60. The van der Waals surface area contributed by atoms with Crippen molar-refractivity contribution >= 4 is 28.9 Å². The number of amides is 1. The second kappa shape index (κ2) is 8.41. The second-order valence-corrected chi connectivity index (χ2v) is 6.66. The van der Waals surface area contributed by atoms with Crippen LogP contribution < -0.4 is 5.32 Å². The Balaban J connectivity index is 1.58. The predicted molar refractivity (Wildman–Crippen MR) is 101 cm³/mol. The molecule has 3 rings (SSSR count). The lowest BCUT2D eigenvalue weighted by Crippen LogP contribution is -2.11. The number of hydrogen-bond acceptors (Lipinski definition) is 7. The quantitative estimate of drug-likeness (QED) is 0.633. The van der Waals surface area contributed by atoms with Crippen molar-refractivity contribution in [2.45, 2.75) is 20.0 Å². The Morgan fingerprint density at radius 2 is 1.85 bits per heavy atom. The van der Waals surface area contributed by atoms with E-state index in [2.05, 4.69) is 22.4 Å². The molecule has 0 aliphatic rings. The lowest BCUT2D eigenvalue weighted by molar-refractivity contribution is 0.0468. The number of hydrogen-bond donors (Lipinski definition) is 2. The van der Waals surface area contributed by atoms with Gasteiger partial charge in [0.1, 0.15) is 17.9 Å². The highest BCUT2D eigenvalue weighted by atomic mass is 32.1. The van der Waals surface area contributed by atoms with Gasteiger partial charge in [-0.25, -0.2) is 4.79 Å². The van der Waals surface area contributed by atoms with Crippen LogP contribution in [0.2, 0.25) is 0 Å². The summed E-state index contributed by atoms with van der Waals surface area (Å²) in [6.07, 6.45) is 0.924. The lowest BCUT2D eigenvalue weighted by atomic mass is 10.1. The highest BCUT2D eigenvalue weighted by Crippen LogP contribution is 2.19. The minimum absolute atomic E-state index is 0.0653. The van der Waals surface area contributed by atoms with Gasteiger partial charge < -0.3 is 15.2 Å². The zero-order chi connectivity index (χ0) is 19.2. The summed E-state index contributed by atoms with van der Waals surface area (Å²) in [4.78, 5) is 24.2. The van der Waals surface area contributed by atoms with E-state index in [1.165, 1.54) is 17.7 Å². The fraction of sp³-hybridized carbons (Fsp3) is 0.158. The summed E-state index contributed by atoms with van der Waals surface area (Å²) < 4.78 is 5.11. The zero-order valence-corrected chi connectivity index (χ0v) is 15.3. The highest BCUT2D eigenvalue weighted by Gasteiger charge is 2.16. The van der Waals surface area contributed by atoms with Crippen LogP contribution in [0, 0.1) is 0 Å². The summed E-state index contributed by atoms with van der Waals surface area (Å²) in [7, 11) is 0. The molecule has 1 aromatic heterocycles. The minimum Gasteiger partial charge on any atom is -0.507 e. The van der Waals surface area contributed by atoms with E-state index in [0.29, 0.717) is 10.7 Å². The number of anilines is 1. The van der Waals surface area contributed by atoms with Gasteiger partial charge in [0.2, 0.25) is 5.01 Å². The van der Waals surface area contributed by atoms with Gasteiger partial charge in [0, 0.05) is 5.69 Å². The molecule has 7 nitrogen and oxygen atoms in total. The smallest absolute Gasteiger partial charge is 0.342 e. The topological polar surface area (TPSA) is 101 Å². The van der Waals surface area contributed by atoms with Gasteiger partial charge in [0.15, 0.2) is 5.01 Å². The maximum atomic E-state index is 12.2. The van der Waals surface area contributed by atoms with Crippen LogP contribution in [0.25, 0.3) is 0 Å². The monoisotopic (exact) mass is 383 g/mol. The molecule has 27 heavy (non-hydrogen) atoms. The number of nitrogens with one attached hydrogen (secondary N) is 1. The number of aryl methyl sites for hydroxylation is 1. The fourth-order valence-electron chi connectivity index (χ4n) is 2.26. The molecule has 0 aliphatic carbocycles. The molecule has 0 aliphatic heterocycles. The number of benzene rings is 2. The average Bonchev–Trinajstić information content (AvgIpc) is 3.16. The standard InChI is InChI=1S/C19H17N3O4S/c1-2-12-7-9-13(10-8-12)20-17(24)18-22-21-16(27-18)11-26-19(25)14-5-3-4-6-15(14)23/h3-10,23H,2,11H2,1H3,(H,20,24). The molecule has 1 heterocycles. The third-order valence-corrected chi connectivity index (χ3v) is 4.63. The maximum absolute atomic E-state index is 12.2. The number of phenolic OH excluding ortho intramolecular Hbond substituents is 1. The van der Waals surface area contributed by atoms with Crippen LogP contribution in [-0.2, 0) is 17.8 Å². The number of aromatic nitrogens is 2. The fourth-order valence-corrected chi connectivity index (χ4v) is 2.91. The first-order valence-electron chi connectivity index (χ1n) is 8.24. The summed E-state index contributed by atoms with van der Waals surface area (Å²) in [5.41, 5.74) is 1.91. The van der Waals surface area contributed by atoms with Gasteiger partial charge in [0.25, 0.3) is 5.91 Å². The molecule has 0 bridgehead atoms. The van der Waals surface area contributed by atoms with Crippen LogP contribution in [0.5, 0.6) is 5.75 Å². The minimum atomic E-state index is -0.676. The Hall–Kier alpha value is -3.26. The van der Waals surface area contributed by atoms with E-state index in [9.17, 15) is 14.7 Å². The van der Waals surface area contributed by atoms with Crippen LogP contribution in [0.4, 0.5) is 5.69 Å². The van der Waals surface area contributed by atoms with E-state index in [-0.39, 0.29) is 28.8 Å². The Morgan fingerprint density at radius 1 is 1.11 bits per heavy atom. The van der Waals surface area contributed by atoms with Crippen LogP contribution in [-0.4, -0.2) is 27.2 Å². The van der Waals surface area contributed by atoms with Gasteiger partial charge in [-0.15, -0.1) is 10.2 Å². The Labute approximate surface area is 159 Å². The van der Waals surface area contributed by atoms with Crippen molar-refractivity contribution in [1.82, 2.24) is 10.2 Å². The molecule has 0 saturated carbocycles. The number of para-hydroxylation sites is 1. The number of phenols is 1. The molecule has 0 fully saturated rings. The predicted octanol–water partition coefficient (Wildman–Crippen LogP) is 3.42. The molecule has 2 aromatic carbocycles. The van der Waals surface area contributed by atoms with E-state index in [1.807, 2.05) is 24.3 Å². The van der Waals surface area contributed by atoms with E-state index >= 15 is 0 Å². The van der Waals surface area contributed by atoms with Gasteiger partial charge in [-0.2, -0.15) is 0 Å². The van der Waals surface area contributed by atoms with Crippen LogP contribution in [0.15, 0.2) is 48.5 Å². The van der Waals surface area contributed by atoms with Gasteiger partial charge in [-0.1, -0.05) is 42.5 Å². The first kappa shape index (κ1) is 18.5. The van der Waals surface area contributed by atoms with Crippen LogP contribution in [0.3, 0.4) is 0 Å². The van der Waals surface area contributed by atoms with Gasteiger partial charge in [0.05, 0.1) is 0 Å². The Morgan fingerprint density at radius 3 is 2.56 bits per heavy atom. The molecule has 3 aromatic rings. The molecule has 0 saturated heterocycles. The number of ether oxygens (including phenoxy) is 1. The van der Waals surface area contributed by atoms with E-state index in [1.54, 1.807) is 12.1 Å². The largest absolute Gasteiger partial charge is 0.507 e. The molecule has 0 radical (unpaired) electrons. The van der Waals surface area contributed by atoms with E-state index < -0.39 is 5.97 Å². The van der Waals surface area contributed by atoms with Crippen molar-refractivity contribution in [3.8, 4) is 5.75 Å². The Bertz CT molecular complexity index is 954. The normalized spacial score (nSPS) is 10.4. The molecule has 1 amide bonds. The summed E-state index contributed by atoms with van der Waals surface area (Å²) in [5, 5.41) is 20.6. The number of carbonyl (C=O) groups is 2. The van der Waals surface area contributed by atoms with Crippen molar-refractivity contribution in [2.24, 2.45) is 0 Å². The van der Waals surface area contributed by atoms with E-state index in [0.717, 1.165) is 17.8 Å². The van der Waals surface area contributed by atoms with E-state index in [4.69, 9.17) is 4.74 Å². The van der Waals surface area contributed by atoms with Crippen molar-refractivity contribution < 1.29 is 19.4 Å². The number of esters is 1. The summed E-state index contributed by atoms with van der Waals surface area (Å²) in [5.74, 6) is -1.21. The third-order valence-electron chi connectivity index (χ3n) is 3.73. The summed E-state index contributed by atoms with van der Waals surface area (Å²) in [6, 6.07) is 13.6. The lowest BCUT2D eigenvalue weighted by Gasteiger charge is -2.04. The van der Waals surface area contributed by atoms with Crippen molar-refractivity contribution in [2.75, 3.05) is 5.32 Å². The summed E-state index contributed by atoms with van der Waals surface area (Å²) >= 11 is 1.04. The molecule has 0 spiro atoms. The molecule has 8 heteroatoms. The van der Waals surface area contributed by atoms with Crippen molar-refractivity contribution in [3.63, 3.8) is 0 Å². The molecule has 0 unspecified atom stereocenters. The maximum Gasteiger partial charge on any atom is 0.342 e. The van der Waals surface area contributed by atoms with Gasteiger partial charge >= 0.3 is 5.97 Å². The first-order valence-corrected chi connectivity index (χ1v) is 9.06. The molecule has 0 atom stereocenters. The molecular formula is C19H17N3O4S. The van der Waals surface area contributed by atoms with Gasteiger partial charge in [-0.05, 0) is 36.2 Å². The van der Waals surface area contributed by atoms with Gasteiger partial charge in [-0.3, -0.25) is 4.79 Å². The molecule has 2 N–H and O–H groups in total. The number of rotatable bonds is 6. The first-order chi connectivity index (χ1) is 13.1. The third kappa shape index (κ3) is 4.68. The van der Waals surface area contributed by atoms with Crippen molar-refractivity contribution in [1.29, 1.82) is 0 Å². The highest BCUT2D eigenvalue weighted by molar-refractivity contribution is 7.13. The van der Waals surface area contributed by atoms with Crippen LogP contribution >= 0.6 is 11.3 Å². The Kier molecular flexibility index (Phi) is 5.77. The van der Waals surface area contributed by atoms with Crippen LogP contribution in [0.1, 0.15) is 37.7 Å². The molecular weight excluding hydrogens is 366 g/mol. The average molecular weight is 383 g/mol. The SMILES string of the molecule is CCc1ccc(NC(=O)c2nnc(COC(=O)c3ccccc3O)s2)cc1. The number of aromatic hydroxyl groups is 1. The zero-order valence-electron chi connectivity index (χ0n) is 14.5. The van der Waals surface area contributed by atoms with Crippen molar-refractivity contribution in [3.05, 3.63) is 69.7 Å². The summed E-state index contributed by atoms with van der Waals surface area (Å²) in [6.45, 7) is 1.92. The molecule has 138 valence electrons. The number of carbonyl (C=O) groups excluding carboxylic acids is 2.